The van der Waals surface area contributed by atoms with Crippen molar-refractivity contribution in [3.05, 3.63) is 35.9 Å². The van der Waals surface area contributed by atoms with Crippen LogP contribution in [0.3, 0.4) is 0 Å². The van der Waals surface area contributed by atoms with Crippen molar-refractivity contribution in [3.63, 3.8) is 0 Å². The molecule has 2 N–H and O–H groups in total. The number of rotatable bonds is 3. The van der Waals surface area contributed by atoms with E-state index in [1.807, 2.05) is 20.8 Å². The summed E-state index contributed by atoms with van der Waals surface area (Å²) in [6.07, 6.45) is 7.45. The number of ether oxygens (including phenoxy) is 1. The van der Waals surface area contributed by atoms with E-state index in [1.165, 1.54) is 6.07 Å². The van der Waals surface area contributed by atoms with Gasteiger partial charge in [0.05, 0.1) is 4.90 Å². The maximum Gasteiger partial charge on any atom is 0.238 e. The Morgan fingerprint density at radius 1 is 1.29 bits per heavy atom. The van der Waals surface area contributed by atoms with Gasteiger partial charge < -0.3 is 4.74 Å². The molecule has 0 heterocycles. The molecule has 4 nitrogen and oxygen atoms in total. The van der Waals surface area contributed by atoms with Crippen LogP contribution < -0.4 is 9.88 Å². The first-order valence-corrected chi connectivity index (χ1v) is 8.73. The van der Waals surface area contributed by atoms with Crippen molar-refractivity contribution >= 4 is 10.0 Å². The second-order valence-corrected chi connectivity index (χ2v) is 8.03. The topological polar surface area (TPSA) is 69.4 Å². The van der Waals surface area contributed by atoms with Crippen molar-refractivity contribution in [2.24, 2.45) is 5.14 Å². The molecular formula is C16H23NO3S. The van der Waals surface area contributed by atoms with Crippen molar-refractivity contribution in [1.29, 1.82) is 0 Å². The molecule has 2 rings (SSSR count). The van der Waals surface area contributed by atoms with Crippen molar-refractivity contribution in [2.45, 2.75) is 56.4 Å². The summed E-state index contributed by atoms with van der Waals surface area (Å²) in [5, 5.41) is 5.22. The largest absolute Gasteiger partial charge is 0.486 e. The lowest BCUT2D eigenvalue weighted by Gasteiger charge is -2.26. The minimum Gasteiger partial charge on any atom is -0.486 e. The summed E-state index contributed by atoms with van der Waals surface area (Å²) in [4.78, 5) is 0.124. The van der Waals surface area contributed by atoms with E-state index >= 15 is 0 Å². The number of sulfonamides is 1. The maximum atomic E-state index is 11.5. The molecule has 1 unspecified atom stereocenters. The van der Waals surface area contributed by atoms with Gasteiger partial charge in [0, 0.05) is 5.56 Å². The molecule has 0 fully saturated rings. The summed E-state index contributed by atoms with van der Waals surface area (Å²) in [6.45, 7) is 6.08. The molecule has 0 aliphatic heterocycles. The minimum atomic E-state index is -3.70. The van der Waals surface area contributed by atoms with Crippen molar-refractivity contribution in [2.75, 3.05) is 0 Å². The zero-order valence-electron chi connectivity index (χ0n) is 12.8. The van der Waals surface area contributed by atoms with Crippen LogP contribution in [0.2, 0.25) is 0 Å². The number of nitrogens with two attached hydrogens (primary N) is 1. The van der Waals surface area contributed by atoms with Gasteiger partial charge in [-0.25, -0.2) is 13.6 Å². The van der Waals surface area contributed by atoms with Crippen LogP contribution in [0.25, 0.3) is 0 Å². The van der Waals surface area contributed by atoms with Gasteiger partial charge >= 0.3 is 0 Å². The van der Waals surface area contributed by atoms with Gasteiger partial charge in [-0.2, -0.15) is 0 Å². The Morgan fingerprint density at radius 3 is 2.52 bits per heavy atom. The van der Waals surface area contributed by atoms with E-state index in [0.29, 0.717) is 0 Å². The number of allylic oxidation sites excluding steroid dienone is 1. The highest BCUT2D eigenvalue weighted by molar-refractivity contribution is 7.89. The SMILES string of the molecule is CC(C)(C)c1cc(S(N)(=O)=O)ccc1OC1C=CCCC1. The second kappa shape index (κ2) is 5.81. The first-order chi connectivity index (χ1) is 9.68. The highest BCUT2D eigenvalue weighted by Gasteiger charge is 2.23. The highest BCUT2D eigenvalue weighted by Crippen LogP contribution is 2.34. The quantitative estimate of drug-likeness (QED) is 0.872. The number of hydrogen-bond acceptors (Lipinski definition) is 3. The molecule has 5 heteroatoms. The van der Waals surface area contributed by atoms with Crippen LogP contribution in [0, 0.1) is 0 Å². The van der Waals surface area contributed by atoms with Crippen molar-refractivity contribution in [1.82, 2.24) is 0 Å². The molecule has 0 saturated heterocycles. The molecule has 1 aliphatic carbocycles. The van der Waals surface area contributed by atoms with Crippen LogP contribution in [-0.4, -0.2) is 14.5 Å². The summed E-state index contributed by atoms with van der Waals surface area (Å²) >= 11 is 0. The van der Waals surface area contributed by atoms with E-state index < -0.39 is 10.0 Å². The first kappa shape index (κ1) is 16.0. The molecule has 0 spiro atoms. The van der Waals surface area contributed by atoms with Gasteiger partial charge in [0.1, 0.15) is 11.9 Å². The van der Waals surface area contributed by atoms with Crippen LogP contribution in [0.4, 0.5) is 0 Å². The zero-order valence-corrected chi connectivity index (χ0v) is 13.6. The molecule has 1 atom stereocenters. The van der Waals surface area contributed by atoms with E-state index in [9.17, 15) is 8.42 Å². The fraction of sp³-hybridized carbons (Fsp3) is 0.500. The van der Waals surface area contributed by atoms with Gasteiger partial charge in [0.25, 0.3) is 0 Å². The lowest BCUT2D eigenvalue weighted by atomic mass is 9.86. The summed E-state index contributed by atoms with van der Waals surface area (Å²) < 4.78 is 29.1. The maximum absolute atomic E-state index is 11.5. The Bertz CT molecular complexity index is 642. The zero-order chi connectivity index (χ0) is 15.7. The summed E-state index contributed by atoms with van der Waals surface area (Å²) in [5.41, 5.74) is 0.627. The average molecular weight is 309 g/mol. The third-order valence-corrected chi connectivity index (χ3v) is 4.49. The Hall–Kier alpha value is -1.33. The monoisotopic (exact) mass is 309 g/mol. The van der Waals surface area contributed by atoms with Crippen LogP contribution in [-0.2, 0) is 15.4 Å². The average Bonchev–Trinajstić information content (AvgIpc) is 2.38. The molecule has 1 aromatic carbocycles. The molecule has 0 radical (unpaired) electrons. The minimum absolute atomic E-state index is 0.0557. The Balaban J connectivity index is 2.40. The third kappa shape index (κ3) is 4.08. The Labute approximate surface area is 127 Å². The van der Waals surface area contributed by atoms with Crippen LogP contribution >= 0.6 is 0 Å². The summed E-state index contributed by atoms with van der Waals surface area (Å²) in [7, 11) is -3.70. The fourth-order valence-corrected chi connectivity index (χ4v) is 2.96. The van der Waals surface area contributed by atoms with E-state index in [2.05, 4.69) is 12.2 Å². The third-order valence-electron chi connectivity index (χ3n) is 3.58. The molecular weight excluding hydrogens is 286 g/mol. The number of primary sulfonamides is 1. The lowest BCUT2D eigenvalue weighted by molar-refractivity contribution is 0.224. The molecule has 1 aliphatic rings. The van der Waals surface area contributed by atoms with E-state index in [4.69, 9.17) is 9.88 Å². The van der Waals surface area contributed by atoms with Crippen LogP contribution in [0.5, 0.6) is 5.75 Å². The van der Waals surface area contributed by atoms with Crippen molar-refractivity contribution in [3.8, 4) is 5.75 Å². The fourth-order valence-electron chi connectivity index (χ4n) is 2.42. The van der Waals surface area contributed by atoms with Gasteiger partial charge in [0.2, 0.25) is 10.0 Å². The molecule has 0 amide bonds. The molecule has 0 aromatic heterocycles. The normalized spacial score (nSPS) is 19.5. The van der Waals surface area contributed by atoms with Gasteiger partial charge in [-0.15, -0.1) is 0 Å². The van der Waals surface area contributed by atoms with Crippen molar-refractivity contribution < 1.29 is 13.2 Å². The predicted molar refractivity (Wildman–Crippen MR) is 83.9 cm³/mol. The molecule has 0 saturated carbocycles. The highest BCUT2D eigenvalue weighted by atomic mass is 32.2. The van der Waals surface area contributed by atoms with Gasteiger partial charge in [-0.3, -0.25) is 0 Å². The van der Waals surface area contributed by atoms with Gasteiger partial charge in [0.15, 0.2) is 0 Å². The van der Waals surface area contributed by atoms with E-state index in [0.717, 1.165) is 30.6 Å². The first-order valence-electron chi connectivity index (χ1n) is 7.18. The van der Waals surface area contributed by atoms with Gasteiger partial charge in [-0.1, -0.05) is 26.8 Å². The summed E-state index contributed by atoms with van der Waals surface area (Å²) in [6, 6.07) is 4.84. The Kier molecular flexibility index (Phi) is 4.44. The molecule has 0 bridgehead atoms. The molecule has 21 heavy (non-hydrogen) atoms. The predicted octanol–water partition coefficient (Wildman–Crippen LogP) is 3.12. The number of benzene rings is 1. The standard InChI is InChI=1S/C16H23NO3S/c1-16(2,3)14-11-13(21(17,18)19)9-10-15(14)20-12-7-5-4-6-8-12/h5,7,9-12H,4,6,8H2,1-3H3,(H2,17,18,19). The smallest absolute Gasteiger partial charge is 0.238 e. The van der Waals surface area contributed by atoms with Crippen LogP contribution in [0.1, 0.15) is 45.6 Å². The number of hydrogen-bond donors (Lipinski definition) is 1. The van der Waals surface area contributed by atoms with Gasteiger partial charge in [-0.05, 0) is 49.0 Å². The second-order valence-electron chi connectivity index (χ2n) is 6.47. The van der Waals surface area contributed by atoms with Crippen LogP contribution in [0.15, 0.2) is 35.2 Å². The lowest BCUT2D eigenvalue weighted by Crippen LogP contribution is -2.21. The Morgan fingerprint density at radius 2 is 2.00 bits per heavy atom. The molecule has 1 aromatic rings. The summed E-state index contributed by atoms with van der Waals surface area (Å²) in [5.74, 6) is 0.728. The molecule has 116 valence electrons. The van der Waals surface area contributed by atoms with E-state index in [1.54, 1.807) is 12.1 Å². The van der Waals surface area contributed by atoms with E-state index in [-0.39, 0.29) is 16.4 Å².